The number of halogens is 1. The van der Waals surface area contributed by atoms with Crippen molar-refractivity contribution in [3.05, 3.63) is 29.6 Å². The van der Waals surface area contributed by atoms with Crippen molar-refractivity contribution in [2.45, 2.75) is 39.7 Å². The van der Waals surface area contributed by atoms with Crippen LogP contribution in [0.15, 0.2) is 18.2 Å². The molecule has 96 valence electrons. The predicted molar refractivity (Wildman–Crippen MR) is 68.6 cm³/mol. The Morgan fingerprint density at radius 1 is 1.29 bits per heavy atom. The standard InChI is InChI=1S/C14H22FNO/c1-10(2)5-4-8-17-14-7-6-12(15)9-13(14)11(3)16/h6-7,9-11H,4-5,8,16H2,1-3H3/t11-/m0/s1. The quantitative estimate of drug-likeness (QED) is 0.769. The van der Waals surface area contributed by atoms with Crippen LogP contribution in [0.25, 0.3) is 0 Å². The number of benzene rings is 1. The molecule has 0 saturated heterocycles. The minimum absolute atomic E-state index is 0.217. The first-order valence-corrected chi connectivity index (χ1v) is 6.18. The molecule has 1 rings (SSSR count). The molecule has 0 aliphatic carbocycles. The zero-order chi connectivity index (χ0) is 12.8. The summed E-state index contributed by atoms with van der Waals surface area (Å²) in [5.41, 5.74) is 6.52. The van der Waals surface area contributed by atoms with Crippen molar-refractivity contribution in [2.24, 2.45) is 11.7 Å². The molecule has 0 aliphatic heterocycles. The average molecular weight is 239 g/mol. The van der Waals surface area contributed by atoms with E-state index < -0.39 is 0 Å². The Hall–Kier alpha value is -1.09. The van der Waals surface area contributed by atoms with Gasteiger partial charge in [-0.1, -0.05) is 13.8 Å². The lowest BCUT2D eigenvalue weighted by molar-refractivity contribution is 0.293. The van der Waals surface area contributed by atoms with Gasteiger partial charge < -0.3 is 10.5 Å². The Bertz CT molecular complexity index is 350. The predicted octanol–water partition coefficient (Wildman–Crippen LogP) is 3.66. The van der Waals surface area contributed by atoms with E-state index >= 15 is 0 Å². The number of ether oxygens (including phenoxy) is 1. The number of nitrogens with two attached hydrogens (primary N) is 1. The summed E-state index contributed by atoms with van der Waals surface area (Å²) in [6.45, 7) is 6.86. The lowest BCUT2D eigenvalue weighted by atomic mass is 10.1. The van der Waals surface area contributed by atoms with Gasteiger partial charge in [-0.25, -0.2) is 4.39 Å². The van der Waals surface area contributed by atoms with Crippen LogP contribution in [0.1, 0.15) is 45.2 Å². The first kappa shape index (κ1) is 14.0. The van der Waals surface area contributed by atoms with Crippen LogP contribution < -0.4 is 10.5 Å². The summed E-state index contributed by atoms with van der Waals surface area (Å²) in [7, 11) is 0. The fourth-order valence-corrected chi connectivity index (χ4v) is 1.68. The van der Waals surface area contributed by atoms with Crippen LogP contribution in [-0.2, 0) is 0 Å². The summed E-state index contributed by atoms with van der Waals surface area (Å²) in [6.07, 6.45) is 2.14. The van der Waals surface area contributed by atoms with Crippen LogP contribution in [0, 0.1) is 11.7 Å². The van der Waals surface area contributed by atoms with E-state index in [1.807, 2.05) is 6.92 Å². The van der Waals surface area contributed by atoms with Crippen LogP contribution in [0.5, 0.6) is 5.75 Å². The number of hydrogen-bond acceptors (Lipinski definition) is 2. The van der Waals surface area contributed by atoms with Gasteiger partial charge in [-0.3, -0.25) is 0 Å². The molecule has 0 radical (unpaired) electrons. The molecular weight excluding hydrogens is 217 g/mol. The van der Waals surface area contributed by atoms with Crippen molar-refractivity contribution in [2.75, 3.05) is 6.61 Å². The Balaban J connectivity index is 2.58. The summed E-state index contributed by atoms with van der Waals surface area (Å²) < 4.78 is 18.7. The van der Waals surface area contributed by atoms with Crippen molar-refractivity contribution in [3.8, 4) is 5.75 Å². The van der Waals surface area contributed by atoms with E-state index in [9.17, 15) is 4.39 Å². The van der Waals surface area contributed by atoms with E-state index in [1.165, 1.54) is 12.1 Å². The Morgan fingerprint density at radius 3 is 2.59 bits per heavy atom. The van der Waals surface area contributed by atoms with Crippen molar-refractivity contribution in [1.29, 1.82) is 0 Å². The first-order valence-electron chi connectivity index (χ1n) is 6.18. The molecule has 0 unspecified atom stereocenters. The molecule has 2 N–H and O–H groups in total. The number of hydrogen-bond donors (Lipinski definition) is 1. The SMILES string of the molecule is CC(C)CCCOc1ccc(F)cc1[C@H](C)N. The highest BCUT2D eigenvalue weighted by atomic mass is 19.1. The third-order valence-electron chi connectivity index (χ3n) is 2.65. The van der Waals surface area contributed by atoms with Gasteiger partial charge in [0.05, 0.1) is 6.61 Å². The Kier molecular flexibility index (Phi) is 5.42. The minimum Gasteiger partial charge on any atom is -0.493 e. The van der Waals surface area contributed by atoms with Crippen LogP contribution >= 0.6 is 0 Å². The molecule has 17 heavy (non-hydrogen) atoms. The van der Waals surface area contributed by atoms with Gasteiger partial charge in [0.25, 0.3) is 0 Å². The molecule has 3 heteroatoms. The average Bonchev–Trinajstić information content (AvgIpc) is 2.25. The second-order valence-electron chi connectivity index (χ2n) is 4.86. The molecule has 2 nitrogen and oxygen atoms in total. The van der Waals surface area contributed by atoms with E-state index in [0.717, 1.165) is 18.4 Å². The highest BCUT2D eigenvalue weighted by Gasteiger charge is 2.09. The fourth-order valence-electron chi connectivity index (χ4n) is 1.68. The smallest absolute Gasteiger partial charge is 0.124 e. The van der Waals surface area contributed by atoms with E-state index in [1.54, 1.807) is 6.07 Å². The second-order valence-corrected chi connectivity index (χ2v) is 4.86. The van der Waals surface area contributed by atoms with Gasteiger partial charge in [0.15, 0.2) is 0 Å². The summed E-state index contributed by atoms with van der Waals surface area (Å²) in [6, 6.07) is 4.29. The topological polar surface area (TPSA) is 35.2 Å². The monoisotopic (exact) mass is 239 g/mol. The first-order chi connectivity index (χ1) is 8.00. The Morgan fingerprint density at radius 2 is 2.00 bits per heavy atom. The molecule has 1 aromatic rings. The molecule has 0 aliphatic rings. The molecule has 0 spiro atoms. The van der Waals surface area contributed by atoms with Crippen LogP contribution in [0.2, 0.25) is 0 Å². The summed E-state index contributed by atoms with van der Waals surface area (Å²) in [5.74, 6) is 1.11. The van der Waals surface area contributed by atoms with Crippen molar-refractivity contribution < 1.29 is 9.13 Å². The molecule has 1 aromatic carbocycles. The molecule has 0 saturated carbocycles. The lowest BCUT2D eigenvalue weighted by Crippen LogP contribution is -2.09. The van der Waals surface area contributed by atoms with Crippen LogP contribution in [0.3, 0.4) is 0 Å². The molecule has 0 amide bonds. The maximum atomic E-state index is 13.1. The summed E-state index contributed by atoms with van der Waals surface area (Å²) in [4.78, 5) is 0. The van der Waals surface area contributed by atoms with Crippen LogP contribution in [-0.4, -0.2) is 6.61 Å². The molecule has 0 bridgehead atoms. The normalized spacial score (nSPS) is 12.8. The maximum absolute atomic E-state index is 13.1. The van der Waals surface area contributed by atoms with Crippen molar-refractivity contribution in [1.82, 2.24) is 0 Å². The lowest BCUT2D eigenvalue weighted by Gasteiger charge is -2.14. The Labute approximate surface area is 103 Å². The van der Waals surface area contributed by atoms with Gasteiger partial charge in [0, 0.05) is 11.6 Å². The fraction of sp³-hybridized carbons (Fsp3) is 0.571. The zero-order valence-electron chi connectivity index (χ0n) is 10.9. The van der Waals surface area contributed by atoms with Gasteiger partial charge in [0.1, 0.15) is 11.6 Å². The zero-order valence-corrected chi connectivity index (χ0v) is 10.9. The molecular formula is C14H22FNO. The summed E-state index contributed by atoms with van der Waals surface area (Å²) in [5, 5.41) is 0. The molecule has 1 atom stereocenters. The van der Waals surface area contributed by atoms with Crippen LogP contribution in [0.4, 0.5) is 4.39 Å². The largest absolute Gasteiger partial charge is 0.493 e. The van der Waals surface area contributed by atoms with E-state index in [4.69, 9.17) is 10.5 Å². The van der Waals surface area contributed by atoms with E-state index in [-0.39, 0.29) is 11.9 Å². The van der Waals surface area contributed by atoms with Gasteiger partial charge in [-0.2, -0.15) is 0 Å². The summed E-state index contributed by atoms with van der Waals surface area (Å²) >= 11 is 0. The maximum Gasteiger partial charge on any atom is 0.124 e. The van der Waals surface area contributed by atoms with Gasteiger partial charge >= 0.3 is 0 Å². The second kappa shape index (κ2) is 6.60. The van der Waals surface area contributed by atoms with Gasteiger partial charge in [-0.15, -0.1) is 0 Å². The number of rotatable bonds is 6. The highest BCUT2D eigenvalue weighted by molar-refractivity contribution is 5.36. The van der Waals surface area contributed by atoms with Crippen molar-refractivity contribution >= 4 is 0 Å². The van der Waals surface area contributed by atoms with Gasteiger partial charge in [-0.05, 0) is 43.9 Å². The minimum atomic E-state index is -0.271. The van der Waals surface area contributed by atoms with Crippen molar-refractivity contribution in [3.63, 3.8) is 0 Å². The molecule has 0 heterocycles. The third kappa shape index (κ3) is 4.73. The third-order valence-corrected chi connectivity index (χ3v) is 2.65. The highest BCUT2D eigenvalue weighted by Crippen LogP contribution is 2.25. The van der Waals surface area contributed by atoms with E-state index in [2.05, 4.69) is 13.8 Å². The van der Waals surface area contributed by atoms with Gasteiger partial charge in [0.2, 0.25) is 0 Å². The van der Waals surface area contributed by atoms with E-state index in [0.29, 0.717) is 18.3 Å². The molecule has 0 aromatic heterocycles. The molecule has 0 fully saturated rings.